The summed E-state index contributed by atoms with van der Waals surface area (Å²) in [4.78, 5) is 24.6. The number of esters is 1. The number of nitrogens with one attached hydrogen (secondary N) is 2. The summed E-state index contributed by atoms with van der Waals surface area (Å²) in [5.41, 5.74) is 0.310. The van der Waals surface area contributed by atoms with Crippen LogP contribution < -0.4 is 14.8 Å². The van der Waals surface area contributed by atoms with Gasteiger partial charge in [-0.05, 0) is 74.5 Å². The summed E-state index contributed by atoms with van der Waals surface area (Å²) in [5.74, 6) is -1.55. The minimum atomic E-state index is -3.85. The number of ether oxygens (including phenoxy) is 2. The lowest BCUT2D eigenvalue weighted by molar-refractivity contribution is -0.123. The van der Waals surface area contributed by atoms with E-state index in [1.165, 1.54) is 61.5 Å². The molecule has 0 bridgehead atoms. The first-order chi connectivity index (χ1) is 16.2. The van der Waals surface area contributed by atoms with Gasteiger partial charge >= 0.3 is 5.97 Å². The number of halogens is 1. The molecule has 0 saturated carbocycles. The Balaban J connectivity index is 1.60. The first-order valence-electron chi connectivity index (χ1n) is 10.3. The highest BCUT2D eigenvalue weighted by atomic mass is 32.2. The first-order valence-corrected chi connectivity index (χ1v) is 11.8. The molecule has 1 atom stereocenters. The molecule has 3 aromatic carbocycles. The van der Waals surface area contributed by atoms with Gasteiger partial charge in [-0.2, -0.15) is 0 Å². The lowest BCUT2D eigenvalue weighted by Gasteiger charge is -2.14. The third-order valence-electron chi connectivity index (χ3n) is 4.60. The Kier molecular flexibility index (Phi) is 7.85. The van der Waals surface area contributed by atoms with Gasteiger partial charge in [-0.15, -0.1) is 0 Å². The molecule has 0 aliphatic carbocycles. The number of carbonyl (C=O) groups excluding carboxylic acids is 2. The monoisotopic (exact) mass is 486 g/mol. The van der Waals surface area contributed by atoms with Crippen molar-refractivity contribution in [3.8, 4) is 5.75 Å². The zero-order valence-electron chi connectivity index (χ0n) is 18.4. The van der Waals surface area contributed by atoms with E-state index < -0.39 is 33.8 Å². The van der Waals surface area contributed by atoms with Gasteiger partial charge in [0.2, 0.25) is 0 Å². The van der Waals surface area contributed by atoms with Crippen molar-refractivity contribution in [2.45, 2.75) is 24.8 Å². The van der Waals surface area contributed by atoms with E-state index in [0.717, 1.165) is 0 Å². The molecular formula is C24H23FN2O6S. The van der Waals surface area contributed by atoms with Crippen molar-refractivity contribution in [1.82, 2.24) is 0 Å². The van der Waals surface area contributed by atoms with Gasteiger partial charge in [0.1, 0.15) is 11.6 Å². The van der Waals surface area contributed by atoms with Gasteiger partial charge in [0.25, 0.3) is 15.9 Å². The van der Waals surface area contributed by atoms with Crippen LogP contribution in [0.25, 0.3) is 0 Å². The Hall–Kier alpha value is -3.92. The molecule has 0 radical (unpaired) electrons. The molecule has 10 heteroatoms. The van der Waals surface area contributed by atoms with Crippen molar-refractivity contribution in [2.75, 3.05) is 16.6 Å². The van der Waals surface area contributed by atoms with Crippen molar-refractivity contribution >= 4 is 33.3 Å². The molecule has 0 saturated heterocycles. The molecule has 0 aromatic heterocycles. The predicted molar refractivity (Wildman–Crippen MR) is 125 cm³/mol. The maximum Gasteiger partial charge on any atom is 0.338 e. The lowest BCUT2D eigenvalue weighted by atomic mass is 10.2. The smallest absolute Gasteiger partial charge is 0.338 e. The molecule has 3 aromatic rings. The largest absolute Gasteiger partial charge is 0.494 e. The summed E-state index contributed by atoms with van der Waals surface area (Å²) in [7, 11) is -3.85. The number of anilines is 2. The summed E-state index contributed by atoms with van der Waals surface area (Å²) >= 11 is 0. The standard InChI is InChI=1S/C24H23FN2O6S/c1-3-32-19-12-14-20(15-13-19)34(30,31)27-18-10-8-17(9-11-18)24(29)33-16(2)23(28)26-22-7-5-4-6-21(22)25/h4-16,27H,3H2,1-2H3,(H,26,28). The van der Waals surface area contributed by atoms with E-state index in [1.54, 1.807) is 18.2 Å². The molecule has 0 heterocycles. The Bertz CT molecular complexity index is 1260. The Morgan fingerprint density at radius 1 is 0.971 bits per heavy atom. The minimum absolute atomic E-state index is 0.0282. The van der Waals surface area contributed by atoms with E-state index in [0.29, 0.717) is 12.4 Å². The van der Waals surface area contributed by atoms with Crippen LogP contribution in [0.1, 0.15) is 24.2 Å². The topological polar surface area (TPSA) is 111 Å². The molecule has 0 aliphatic rings. The molecule has 1 unspecified atom stereocenters. The van der Waals surface area contributed by atoms with E-state index in [1.807, 2.05) is 6.92 Å². The maximum absolute atomic E-state index is 13.7. The highest BCUT2D eigenvalue weighted by Gasteiger charge is 2.20. The van der Waals surface area contributed by atoms with Crippen LogP contribution in [0.2, 0.25) is 0 Å². The molecule has 0 fully saturated rings. The molecule has 8 nitrogen and oxygen atoms in total. The first kappa shape index (κ1) is 24.7. The number of benzene rings is 3. The fourth-order valence-corrected chi connectivity index (χ4v) is 3.91. The average molecular weight is 487 g/mol. The fourth-order valence-electron chi connectivity index (χ4n) is 2.85. The van der Waals surface area contributed by atoms with Crippen molar-refractivity contribution in [2.24, 2.45) is 0 Å². The second-order valence-corrected chi connectivity index (χ2v) is 8.79. The number of sulfonamides is 1. The normalized spacial score (nSPS) is 11.9. The van der Waals surface area contributed by atoms with Crippen LogP contribution in [-0.4, -0.2) is 33.0 Å². The Labute approximate surface area is 196 Å². The van der Waals surface area contributed by atoms with E-state index in [9.17, 15) is 22.4 Å². The van der Waals surface area contributed by atoms with Gasteiger partial charge in [-0.3, -0.25) is 9.52 Å². The van der Waals surface area contributed by atoms with E-state index >= 15 is 0 Å². The average Bonchev–Trinajstić information content (AvgIpc) is 2.81. The van der Waals surface area contributed by atoms with Crippen molar-refractivity contribution in [3.63, 3.8) is 0 Å². The zero-order chi connectivity index (χ0) is 24.7. The van der Waals surface area contributed by atoms with E-state index in [4.69, 9.17) is 9.47 Å². The second kappa shape index (κ2) is 10.8. The molecule has 34 heavy (non-hydrogen) atoms. The lowest BCUT2D eigenvalue weighted by Crippen LogP contribution is -2.30. The second-order valence-electron chi connectivity index (χ2n) is 7.10. The minimum Gasteiger partial charge on any atom is -0.494 e. The molecule has 178 valence electrons. The molecule has 0 spiro atoms. The number of carbonyl (C=O) groups is 2. The maximum atomic E-state index is 13.7. The van der Waals surface area contributed by atoms with Gasteiger partial charge < -0.3 is 14.8 Å². The van der Waals surface area contributed by atoms with Crippen LogP contribution in [0.3, 0.4) is 0 Å². The molecular weight excluding hydrogens is 463 g/mol. The molecule has 1 amide bonds. The third-order valence-corrected chi connectivity index (χ3v) is 6.00. The number of amides is 1. The Morgan fingerprint density at radius 2 is 1.62 bits per heavy atom. The van der Waals surface area contributed by atoms with Gasteiger partial charge in [0.05, 0.1) is 22.8 Å². The molecule has 2 N–H and O–H groups in total. The van der Waals surface area contributed by atoms with Crippen LogP contribution in [0.4, 0.5) is 15.8 Å². The van der Waals surface area contributed by atoms with Gasteiger partial charge in [0, 0.05) is 5.69 Å². The zero-order valence-corrected chi connectivity index (χ0v) is 19.3. The number of hydrogen-bond donors (Lipinski definition) is 2. The van der Waals surface area contributed by atoms with Crippen LogP contribution in [-0.2, 0) is 19.6 Å². The summed E-state index contributed by atoms with van der Waals surface area (Å²) < 4.78 is 51.7. The third kappa shape index (κ3) is 6.32. The van der Waals surface area contributed by atoms with Gasteiger partial charge in [-0.25, -0.2) is 17.6 Å². The van der Waals surface area contributed by atoms with Crippen LogP contribution in [0.5, 0.6) is 5.75 Å². The highest BCUT2D eigenvalue weighted by Crippen LogP contribution is 2.20. The number of para-hydroxylation sites is 1. The predicted octanol–water partition coefficient (Wildman–Crippen LogP) is 4.21. The van der Waals surface area contributed by atoms with Crippen LogP contribution in [0.15, 0.2) is 77.7 Å². The van der Waals surface area contributed by atoms with E-state index in [2.05, 4.69) is 10.0 Å². The summed E-state index contributed by atoms with van der Waals surface area (Å²) in [6, 6.07) is 17.1. The van der Waals surface area contributed by atoms with Crippen molar-refractivity contribution in [1.29, 1.82) is 0 Å². The van der Waals surface area contributed by atoms with Crippen molar-refractivity contribution in [3.05, 3.63) is 84.2 Å². The molecule has 3 rings (SSSR count). The highest BCUT2D eigenvalue weighted by molar-refractivity contribution is 7.92. The van der Waals surface area contributed by atoms with Gasteiger partial charge in [0.15, 0.2) is 6.10 Å². The quantitative estimate of drug-likeness (QED) is 0.439. The van der Waals surface area contributed by atoms with Crippen molar-refractivity contribution < 1.29 is 31.9 Å². The summed E-state index contributed by atoms with van der Waals surface area (Å²) in [6.07, 6.45) is -1.19. The number of hydrogen-bond acceptors (Lipinski definition) is 6. The SMILES string of the molecule is CCOc1ccc(S(=O)(=O)Nc2ccc(C(=O)OC(C)C(=O)Nc3ccccc3F)cc2)cc1. The van der Waals surface area contributed by atoms with Gasteiger partial charge in [-0.1, -0.05) is 12.1 Å². The van der Waals surface area contributed by atoms with E-state index in [-0.39, 0.29) is 21.8 Å². The fraction of sp³-hybridized carbons (Fsp3) is 0.167. The van der Waals surface area contributed by atoms with Crippen LogP contribution in [0, 0.1) is 5.82 Å². The van der Waals surface area contributed by atoms with Crippen LogP contribution >= 0.6 is 0 Å². The number of rotatable bonds is 9. The Morgan fingerprint density at radius 3 is 2.24 bits per heavy atom. The molecule has 0 aliphatic heterocycles. The summed E-state index contributed by atoms with van der Waals surface area (Å²) in [6.45, 7) is 3.65. The summed E-state index contributed by atoms with van der Waals surface area (Å²) in [5, 5.41) is 2.35.